The van der Waals surface area contributed by atoms with Gasteiger partial charge in [0.2, 0.25) is 0 Å². The number of hydrogen-bond acceptors (Lipinski definition) is 5. The van der Waals surface area contributed by atoms with Crippen LogP contribution in [0.2, 0.25) is 0 Å². The third-order valence-corrected chi connectivity index (χ3v) is 3.63. The smallest absolute Gasteiger partial charge is 0.273 e. The summed E-state index contributed by atoms with van der Waals surface area (Å²) in [5.41, 5.74) is 4.11. The Hall–Kier alpha value is -1.82. The van der Waals surface area contributed by atoms with E-state index in [1.54, 1.807) is 12.1 Å². The fraction of sp³-hybridized carbons (Fsp3) is 0.538. The summed E-state index contributed by atoms with van der Waals surface area (Å²) in [5.74, 6) is 5.34. The van der Waals surface area contributed by atoms with Gasteiger partial charge in [0, 0.05) is 23.9 Å². The second-order valence-corrected chi connectivity index (χ2v) is 5.92. The van der Waals surface area contributed by atoms with Gasteiger partial charge in [0.25, 0.3) is 5.69 Å². The van der Waals surface area contributed by atoms with Gasteiger partial charge >= 0.3 is 0 Å². The molecule has 1 unspecified atom stereocenters. The predicted octanol–water partition coefficient (Wildman–Crippen LogP) is 2.87. The molecule has 1 aromatic carbocycles. The van der Waals surface area contributed by atoms with Crippen molar-refractivity contribution in [1.29, 1.82) is 0 Å². The predicted molar refractivity (Wildman–Crippen MR) is 75.9 cm³/mol. The van der Waals surface area contributed by atoms with Gasteiger partial charge in [0.1, 0.15) is 0 Å². The van der Waals surface area contributed by atoms with Crippen LogP contribution in [-0.2, 0) is 0 Å². The molecule has 1 aromatic rings. The lowest BCUT2D eigenvalue weighted by Crippen LogP contribution is -2.18. The molecule has 1 atom stereocenters. The van der Waals surface area contributed by atoms with E-state index in [0.29, 0.717) is 17.1 Å². The van der Waals surface area contributed by atoms with Crippen LogP contribution in [0.3, 0.4) is 0 Å². The molecule has 104 valence electrons. The van der Waals surface area contributed by atoms with Gasteiger partial charge in [-0.1, -0.05) is 13.8 Å². The Labute approximate surface area is 112 Å². The number of nitro groups is 1. The maximum atomic E-state index is 10.9. The molecule has 1 aliphatic rings. The van der Waals surface area contributed by atoms with E-state index in [1.807, 2.05) is 0 Å². The molecule has 1 saturated carbocycles. The maximum absolute atomic E-state index is 10.9. The Bertz CT molecular complexity index is 488. The van der Waals surface area contributed by atoms with Gasteiger partial charge in [-0.3, -0.25) is 16.0 Å². The first-order valence-corrected chi connectivity index (χ1v) is 6.42. The van der Waals surface area contributed by atoms with Gasteiger partial charge in [-0.2, -0.15) is 0 Å². The monoisotopic (exact) mass is 264 g/mol. The first kappa shape index (κ1) is 13.6. The van der Waals surface area contributed by atoms with Gasteiger partial charge in [-0.15, -0.1) is 0 Å². The normalized spacial score (nSPS) is 21.1. The number of non-ortho nitro benzene ring substituents is 1. The van der Waals surface area contributed by atoms with Crippen molar-refractivity contribution in [1.82, 2.24) is 0 Å². The summed E-state index contributed by atoms with van der Waals surface area (Å²) in [7, 11) is 0. The lowest BCUT2D eigenvalue weighted by Gasteiger charge is -2.19. The van der Waals surface area contributed by atoms with E-state index >= 15 is 0 Å². The van der Waals surface area contributed by atoms with Crippen molar-refractivity contribution in [2.75, 3.05) is 10.7 Å². The number of anilines is 2. The average molecular weight is 264 g/mol. The summed E-state index contributed by atoms with van der Waals surface area (Å²) in [6.07, 6.45) is 3.32. The fourth-order valence-corrected chi connectivity index (χ4v) is 2.68. The second-order valence-electron chi connectivity index (χ2n) is 5.92. The molecule has 0 amide bonds. The highest BCUT2D eigenvalue weighted by molar-refractivity contribution is 5.63. The molecule has 19 heavy (non-hydrogen) atoms. The number of nitrogen functional groups attached to an aromatic ring is 1. The quantitative estimate of drug-likeness (QED) is 0.441. The Kier molecular flexibility index (Phi) is 3.61. The SMILES string of the molecule is CC1(C)CCC(Nc2cc(NN)cc([N+](=O)[O-])c2)C1. The van der Waals surface area contributed by atoms with Crippen LogP contribution in [0, 0.1) is 15.5 Å². The van der Waals surface area contributed by atoms with E-state index in [4.69, 9.17) is 5.84 Å². The van der Waals surface area contributed by atoms with Gasteiger partial charge in [-0.25, -0.2) is 0 Å². The van der Waals surface area contributed by atoms with Crippen LogP contribution in [0.4, 0.5) is 17.1 Å². The van der Waals surface area contributed by atoms with Crippen LogP contribution >= 0.6 is 0 Å². The van der Waals surface area contributed by atoms with Gasteiger partial charge < -0.3 is 10.7 Å². The van der Waals surface area contributed by atoms with Gasteiger partial charge in [0.15, 0.2) is 0 Å². The first-order chi connectivity index (χ1) is 8.89. The summed E-state index contributed by atoms with van der Waals surface area (Å²) in [6, 6.07) is 5.12. The zero-order chi connectivity index (χ0) is 14.0. The minimum atomic E-state index is -0.412. The summed E-state index contributed by atoms with van der Waals surface area (Å²) >= 11 is 0. The fourth-order valence-electron chi connectivity index (χ4n) is 2.68. The molecule has 0 radical (unpaired) electrons. The summed E-state index contributed by atoms with van der Waals surface area (Å²) in [4.78, 5) is 10.5. The number of benzene rings is 1. The van der Waals surface area contributed by atoms with Gasteiger partial charge in [0.05, 0.1) is 10.6 Å². The van der Waals surface area contributed by atoms with Crippen LogP contribution in [0.5, 0.6) is 0 Å². The molecule has 1 aliphatic carbocycles. The molecule has 0 aliphatic heterocycles. The van der Waals surface area contributed by atoms with E-state index in [1.165, 1.54) is 12.5 Å². The number of nitro benzene ring substituents is 1. The molecule has 6 nitrogen and oxygen atoms in total. The van der Waals surface area contributed by atoms with Crippen molar-refractivity contribution in [2.24, 2.45) is 11.3 Å². The molecule has 0 aromatic heterocycles. The highest BCUT2D eigenvalue weighted by Gasteiger charge is 2.30. The van der Waals surface area contributed by atoms with E-state index in [2.05, 4.69) is 24.6 Å². The van der Waals surface area contributed by atoms with E-state index in [0.717, 1.165) is 18.5 Å². The third kappa shape index (κ3) is 3.35. The van der Waals surface area contributed by atoms with Gasteiger partial charge in [-0.05, 0) is 30.7 Å². The van der Waals surface area contributed by atoms with Crippen molar-refractivity contribution in [3.63, 3.8) is 0 Å². The summed E-state index contributed by atoms with van der Waals surface area (Å²) in [5, 5.41) is 14.2. The average Bonchev–Trinajstić information content (AvgIpc) is 2.68. The van der Waals surface area contributed by atoms with Crippen molar-refractivity contribution < 1.29 is 4.92 Å². The van der Waals surface area contributed by atoms with E-state index < -0.39 is 4.92 Å². The number of hydrazine groups is 1. The van der Waals surface area contributed by atoms with E-state index in [9.17, 15) is 10.1 Å². The van der Waals surface area contributed by atoms with Crippen LogP contribution in [0.15, 0.2) is 18.2 Å². The highest BCUT2D eigenvalue weighted by atomic mass is 16.6. The number of nitrogens with one attached hydrogen (secondary N) is 2. The summed E-state index contributed by atoms with van der Waals surface area (Å²) < 4.78 is 0. The molecule has 0 spiro atoms. The number of rotatable bonds is 4. The van der Waals surface area contributed by atoms with Crippen LogP contribution in [-0.4, -0.2) is 11.0 Å². The summed E-state index contributed by atoms with van der Waals surface area (Å²) in [6.45, 7) is 4.49. The van der Waals surface area contributed by atoms with Crippen molar-refractivity contribution in [2.45, 2.75) is 39.2 Å². The van der Waals surface area contributed by atoms with Crippen LogP contribution in [0.1, 0.15) is 33.1 Å². The Morgan fingerprint density at radius 2 is 2.05 bits per heavy atom. The number of hydrogen-bond donors (Lipinski definition) is 3. The third-order valence-electron chi connectivity index (χ3n) is 3.63. The number of nitrogens with two attached hydrogens (primary N) is 1. The van der Waals surface area contributed by atoms with Crippen molar-refractivity contribution >= 4 is 17.1 Å². The molecule has 1 fully saturated rings. The molecular weight excluding hydrogens is 244 g/mol. The highest BCUT2D eigenvalue weighted by Crippen LogP contribution is 2.38. The molecule has 0 saturated heterocycles. The molecule has 6 heteroatoms. The van der Waals surface area contributed by atoms with Crippen molar-refractivity contribution in [3.8, 4) is 0 Å². The Balaban J connectivity index is 2.16. The standard InChI is InChI=1S/C13H20N4O2/c1-13(2)4-3-9(8-13)15-10-5-11(16-14)7-12(6-10)17(18)19/h5-7,9,15-16H,3-4,8,14H2,1-2H3. The lowest BCUT2D eigenvalue weighted by atomic mass is 9.92. The molecule has 4 N–H and O–H groups in total. The molecule has 0 bridgehead atoms. The second kappa shape index (κ2) is 5.05. The van der Waals surface area contributed by atoms with E-state index in [-0.39, 0.29) is 5.69 Å². The first-order valence-electron chi connectivity index (χ1n) is 6.42. The lowest BCUT2D eigenvalue weighted by molar-refractivity contribution is -0.384. The van der Waals surface area contributed by atoms with Crippen molar-refractivity contribution in [3.05, 3.63) is 28.3 Å². The maximum Gasteiger partial charge on any atom is 0.273 e. The molecule has 0 heterocycles. The zero-order valence-corrected chi connectivity index (χ0v) is 11.3. The minimum Gasteiger partial charge on any atom is -0.382 e. The Morgan fingerprint density at radius 1 is 1.37 bits per heavy atom. The molecular formula is C13H20N4O2. The largest absolute Gasteiger partial charge is 0.382 e. The Morgan fingerprint density at radius 3 is 2.58 bits per heavy atom. The topological polar surface area (TPSA) is 93.2 Å². The number of nitrogens with zero attached hydrogens (tertiary/aromatic N) is 1. The zero-order valence-electron chi connectivity index (χ0n) is 11.3. The van der Waals surface area contributed by atoms with Crippen LogP contribution < -0.4 is 16.6 Å². The van der Waals surface area contributed by atoms with Crippen LogP contribution in [0.25, 0.3) is 0 Å². The molecule has 2 rings (SSSR count). The minimum absolute atomic E-state index is 0.0372.